The summed E-state index contributed by atoms with van der Waals surface area (Å²) in [6.45, 7) is 6.86. The Hall–Kier alpha value is -2.03. The fourth-order valence-electron chi connectivity index (χ4n) is 3.06. The van der Waals surface area contributed by atoms with E-state index in [0.717, 1.165) is 17.5 Å². The molecule has 0 saturated heterocycles. The number of urea groups is 1. The van der Waals surface area contributed by atoms with Crippen molar-refractivity contribution in [3.63, 3.8) is 0 Å². The maximum Gasteiger partial charge on any atom is 0.337 e. The molecule has 1 aromatic rings. The summed E-state index contributed by atoms with van der Waals surface area (Å²) in [7, 11) is 0. The summed E-state index contributed by atoms with van der Waals surface area (Å²) in [5, 5.41) is 15.0. The lowest BCUT2D eigenvalue weighted by atomic mass is 10.0. The van der Waals surface area contributed by atoms with Gasteiger partial charge in [-0.1, -0.05) is 18.7 Å². The minimum Gasteiger partial charge on any atom is -0.463 e. The monoisotopic (exact) mass is 379 g/mol. The molecule has 2 aliphatic rings. The van der Waals surface area contributed by atoms with Crippen molar-refractivity contribution < 1.29 is 14.3 Å². The van der Waals surface area contributed by atoms with Crippen molar-refractivity contribution in [1.82, 2.24) is 25.4 Å². The number of carbonyl (C=O) groups is 2. The number of thioether (sulfide) groups is 1. The fraction of sp³-hybridized carbons (Fsp3) is 0.647. The number of hydrogen-bond acceptors (Lipinski definition) is 6. The first-order valence-corrected chi connectivity index (χ1v) is 10.1. The van der Waals surface area contributed by atoms with E-state index in [9.17, 15) is 9.59 Å². The van der Waals surface area contributed by atoms with Crippen LogP contribution in [-0.4, -0.2) is 45.2 Å². The highest BCUT2D eigenvalue weighted by Gasteiger charge is 2.33. The minimum absolute atomic E-state index is 0.294. The zero-order valence-electron chi connectivity index (χ0n) is 15.4. The van der Waals surface area contributed by atoms with Crippen LogP contribution in [0.2, 0.25) is 0 Å². The number of amides is 2. The molecule has 1 aliphatic heterocycles. The zero-order chi connectivity index (χ0) is 18.7. The van der Waals surface area contributed by atoms with Crippen LogP contribution < -0.4 is 10.6 Å². The summed E-state index contributed by atoms with van der Waals surface area (Å²) in [6.07, 6.45) is 2.95. The Labute approximate surface area is 157 Å². The Kier molecular flexibility index (Phi) is 5.85. The summed E-state index contributed by atoms with van der Waals surface area (Å²) < 4.78 is 7.31. The Bertz CT molecular complexity index is 726. The highest BCUT2D eigenvalue weighted by atomic mass is 32.2. The van der Waals surface area contributed by atoms with Gasteiger partial charge in [0, 0.05) is 23.9 Å². The molecule has 3 rings (SSSR count). The van der Waals surface area contributed by atoms with E-state index in [4.69, 9.17) is 4.74 Å². The van der Waals surface area contributed by atoms with Gasteiger partial charge < -0.3 is 19.9 Å². The van der Waals surface area contributed by atoms with E-state index in [2.05, 4.69) is 32.3 Å². The number of hydrogen-bond donors (Lipinski definition) is 2. The Morgan fingerprint density at radius 3 is 2.69 bits per heavy atom. The van der Waals surface area contributed by atoms with Crippen LogP contribution in [0.5, 0.6) is 0 Å². The van der Waals surface area contributed by atoms with Gasteiger partial charge in [0.1, 0.15) is 5.82 Å². The van der Waals surface area contributed by atoms with Crippen molar-refractivity contribution in [1.29, 1.82) is 0 Å². The molecule has 0 spiro atoms. The van der Waals surface area contributed by atoms with Crippen LogP contribution in [0.15, 0.2) is 16.4 Å². The van der Waals surface area contributed by atoms with Crippen LogP contribution >= 0.6 is 11.8 Å². The molecule has 1 aliphatic carbocycles. The molecule has 8 nitrogen and oxygen atoms in total. The van der Waals surface area contributed by atoms with E-state index >= 15 is 0 Å². The largest absolute Gasteiger partial charge is 0.463 e. The number of aromatic nitrogens is 3. The van der Waals surface area contributed by atoms with Gasteiger partial charge in [-0.3, -0.25) is 0 Å². The van der Waals surface area contributed by atoms with Crippen LogP contribution in [0.3, 0.4) is 0 Å². The van der Waals surface area contributed by atoms with Crippen LogP contribution in [0.25, 0.3) is 0 Å². The molecule has 2 N–H and O–H groups in total. The molecule has 9 heteroatoms. The SMILES string of the molecule is CCOC(=O)C1=C(CSc2nnc(C3CC3)n2CC)NC(=O)N[C@H]1CC. The molecule has 0 aromatic carbocycles. The van der Waals surface area contributed by atoms with E-state index in [1.165, 1.54) is 24.6 Å². The van der Waals surface area contributed by atoms with Gasteiger partial charge in [0.05, 0.1) is 18.2 Å². The summed E-state index contributed by atoms with van der Waals surface area (Å²) in [5.74, 6) is 1.60. The topological polar surface area (TPSA) is 98.1 Å². The molecule has 1 saturated carbocycles. The van der Waals surface area contributed by atoms with E-state index in [0.29, 0.717) is 36.0 Å². The number of nitrogens with zero attached hydrogens (tertiary/aromatic N) is 3. The van der Waals surface area contributed by atoms with Crippen molar-refractivity contribution >= 4 is 23.8 Å². The van der Waals surface area contributed by atoms with Gasteiger partial charge in [-0.25, -0.2) is 9.59 Å². The quantitative estimate of drug-likeness (QED) is 0.531. The smallest absolute Gasteiger partial charge is 0.337 e. The maximum atomic E-state index is 12.4. The van der Waals surface area contributed by atoms with Crippen LogP contribution in [0.1, 0.15) is 51.8 Å². The maximum absolute atomic E-state index is 12.4. The van der Waals surface area contributed by atoms with Crippen molar-refractivity contribution in [2.24, 2.45) is 0 Å². The second-order valence-corrected chi connectivity index (χ2v) is 7.26. The first-order valence-electron chi connectivity index (χ1n) is 9.12. The van der Waals surface area contributed by atoms with E-state index in [-0.39, 0.29) is 12.1 Å². The van der Waals surface area contributed by atoms with Gasteiger partial charge in [-0.2, -0.15) is 0 Å². The molecule has 2 amide bonds. The minimum atomic E-state index is -0.391. The number of ether oxygens (including phenoxy) is 1. The summed E-state index contributed by atoms with van der Waals surface area (Å²) in [6, 6.07) is -0.638. The lowest BCUT2D eigenvalue weighted by Gasteiger charge is -2.28. The molecule has 0 bridgehead atoms. The highest BCUT2D eigenvalue weighted by molar-refractivity contribution is 7.99. The molecule has 2 heterocycles. The van der Waals surface area contributed by atoms with E-state index in [1.54, 1.807) is 6.92 Å². The fourth-order valence-corrected chi connectivity index (χ4v) is 4.04. The molecular weight excluding hydrogens is 354 g/mol. The van der Waals surface area contributed by atoms with Crippen molar-refractivity contribution in [2.75, 3.05) is 12.4 Å². The number of carbonyl (C=O) groups excluding carboxylic acids is 2. The number of rotatable bonds is 8. The first kappa shape index (κ1) is 18.8. The Morgan fingerprint density at radius 1 is 1.31 bits per heavy atom. The Balaban J connectivity index is 1.82. The normalized spacial score (nSPS) is 20.0. The molecular formula is C17H25N5O3S. The number of esters is 1. The second-order valence-electron chi connectivity index (χ2n) is 6.32. The zero-order valence-corrected chi connectivity index (χ0v) is 16.2. The van der Waals surface area contributed by atoms with Crippen molar-refractivity contribution in [2.45, 2.75) is 63.7 Å². The lowest BCUT2D eigenvalue weighted by Crippen LogP contribution is -2.50. The third-order valence-electron chi connectivity index (χ3n) is 4.50. The van der Waals surface area contributed by atoms with Gasteiger partial charge in [0.15, 0.2) is 5.16 Å². The van der Waals surface area contributed by atoms with Crippen molar-refractivity contribution in [3.8, 4) is 0 Å². The molecule has 1 fully saturated rings. The van der Waals surface area contributed by atoms with Crippen LogP contribution in [0, 0.1) is 0 Å². The average molecular weight is 379 g/mol. The van der Waals surface area contributed by atoms with Gasteiger partial charge in [-0.15, -0.1) is 10.2 Å². The average Bonchev–Trinajstić information content (AvgIpc) is 3.39. The third kappa shape index (κ3) is 3.87. The summed E-state index contributed by atoms with van der Waals surface area (Å²) in [4.78, 5) is 24.4. The Morgan fingerprint density at radius 2 is 2.08 bits per heavy atom. The molecule has 1 aromatic heterocycles. The predicted octanol–water partition coefficient (Wildman–Crippen LogP) is 2.18. The first-order chi connectivity index (χ1) is 12.6. The van der Waals surface area contributed by atoms with Gasteiger partial charge in [0.2, 0.25) is 0 Å². The van der Waals surface area contributed by atoms with Gasteiger partial charge >= 0.3 is 12.0 Å². The molecule has 26 heavy (non-hydrogen) atoms. The van der Waals surface area contributed by atoms with Crippen LogP contribution in [0.4, 0.5) is 4.79 Å². The number of nitrogens with one attached hydrogen (secondary N) is 2. The standard InChI is InChI=1S/C17H25N5O3S/c1-4-11-13(15(23)25-6-3)12(19-16(24)18-11)9-26-17-21-20-14(10-7-8-10)22(17)5-2/h10-11H,4-9H2,1-3H3,(H2,18,19,24)/t11-/m0/s1. The predicted molar refractivity (Wildman–Crippen MR) is 97.8 cm³/mol. The second kappa shape index (κ2) is 8.11. The lowest BCUT2D eigenvalue weighted by molar-refractivity contribution is -0.139. The van der Waals surface area contributed by atoms with Gasteiger partial charge in [0.25, 0.3) is 0 Å². The third-order valence-corrected chi connectivity index (χ3v) is 5.49. The highest BCUT2D eigenvalue weighted by Crippen LogP contribution is 2.40. The molecule has 1 atom stereocenters. The molecule has 0 radical (unpaired) electrons. The molecule has 0 unspecified atom stereocenters. The van der Waals surface area contributed by atoms with Crippen molar-refractivity contribution in [3.05, 3.63) is 17.1 Å². The molecule has 142 valence electrons. The summed E-state index contributed by atoms with van der Waals surface area (Å²) in [5.41, 5.74) is 1.08. The van der Waals surface area contributed by atoms with E-state index < -0.39 is 5.97 Å². The van der Waals surface area contributed by atoms with Crippen LogP contribution in [-0.2, 0) is 16.1 Å². The van der Waals surface area contributed by atoms with Gasteiger partial charge in [-0.05, 0) is 33.1 Å². The summed E-state index contributed by atoms with van der Waals surface area (Å²) >= 11 is 1.48. The van der Waals surface area contributed by atoms with E-state index in [1.807, 2.05) is 6.92 Å².